The summed E-state index contributed by atoms with van der Waals surface area (Å²) < 4.78 is 5.09. The molecule has 0 rings (SSSR count). The Kier molecular flexibility index (Phi) is 4.24. The van der Waals surface area contributed by atoms with Gasteiger partial charge in [-0.1, -0.05) is 13.3 Å². The molecule has 0 radical (unpaired) electrons. The summed E-state index contributed by atoms with van der Waals surface area (Å²) in [6, 6.07) is 0. The van der Waals surface area contributed by atoms with Gasteiger partial charge in [-0.3, -0.25) is 4.79 Å². The first-order chi connectivity index (χ1) is 5.38. The molecule has 12 heavy (non-hydrogen) atoms. The highest BCUT2D eigenvalue weighted by molar-refractivity contribution is 5.79. The van der Waals surface area contributed by atoms with Gasteiger partial charge in [0.1, 0.15) is 5.54 Å². The Hall–Kier alpha value is -0.570. The maximum absolute atomic E-state index is 11.2. The third-order valence-electron chi connectivity index (χ3n) is 1.53. The Morgan fingerprint density at radius 3 is 2.42 bits per heavy atom. The molecule has 3 heteroatoms. The van der Waals surface area contributed by atoms with Crippen molar-refractivity contribution >= 4 is 5.97 Å². The molecule has 3 nitrogen and oxygen atoms in total. The maximum atomic E-state index is 11.2. The van der Waals surface area contributed by atoms with Crippen LogP contribution in [0, 0.1) is 0 Å². The summed E-state index contributed by atoms with van der Waals surface area (Å²) in [5.41, 5.74) is 4.68. The number of carbonyl (C=O) groups is 1. The van der Waals surface area contributed by atoms with Gasteiger partial charge < -0.3 is 10.5 Å². The Balaban J connectivity index is 3.85. The molecule has 0 aliphatic heterocycles. The average Bonchev–Trinajstić information content (AvgIpc) is 1.85. The van der Waals surface area contributed by atoms with Crippen LogP contribution in [0.1, 0.15) is 40.5 Å². The summed E-state index contributed by atoms with van der Waals surface area (Å²) in [6.45, 7) is 7.23. The zero-order valence-corrected chi connectivity index (χ0v) is 8.39. The van der Waals surface area contributed by atoms with E-state index in [1.165, 1.54) is 0 Å². The highest BCUT2D eigenvalue weighted by Crippen LogP contribution is 2.06. The van der Waals surface area contributed by atoms with Crippen LogP contribution in [-0.4, -0.2) is 17.6 Å². The monoisotopic (exact) mass is 173 g/mol. The van der Waals surface area contributed by atoms with E-state index >= 15 is 0 Å². The van der Waals surface area contributed by atoms with Crippen LogP contribution in [0.15, 0.2) is 0 Å². The number of hydrogen-bond acceptors (Lipinski definition) is 3. The first-order valence-corrected chi connectivity index (χ1v) is 4.38. The van der Waals surface area contributed by atoms with E-state index in [1.54, 1.807) is 13.8 Å². The number of ether oxygens (including phenoxy) is 1. The van der Waals surface area contributed by atoms with Crippen molar-refractivity contribution in [2.24, 2.45) is 5.73 Å². The fourth-order valence-electron chi connectivity index (χ4n) is 0.800. The Bertz CT molecular complexity index is 149. The van der Waals surface area contributed by atoms with Crippen LogP contribution in [0.25, 0.3) is 0 Å². The Labute approximate surface area is 74.3 Å². The van der Waals surface area contributed by atoms with E-state index in [1.807, 2.05) is 6.92 Å². The van der Waals surface area contributed by atoms with Crippen LogP contribution in [0.5, 0.6) is 0 Å². The molecule has 1 atom stereocenters. The highest BCUT2D eigenvalue weighted by Gasteiger charge is 2.25. The molecule has 0 bridgehead atoms. The standard InChI is InChI=1S/C9H19NO2/c1-5-6-7(2)12-8(11)9(3,4)10/h7H,5-6,10H2,1-4H3. The van der Waals surface area contributed by atoms with E-state index in [0.717, 1.165) is 12.8 Å². The van der Waals surface area contributed by atoms with Gasteiger partial charge in [-0.2, -0.15) is 0 Å². The second-order valence-corrected chi connectivity index (χ2v) is 3.73. The van der Waals surface area contributed by atoms with Gasteiger partial charge in [-0.25, -0.2) is 0 Å². The topological polar surface area (TPSA) is 52.3 Å². The van der Waals surface area contributed by atoms with Crippen LogP contribution in [0.3, 0.4) is 0 Å². The fourth-order valence-corrected chi connectivity index (χ4v) is 0.800. The molecule has 0 aromatic rings. The summed E-state index contributed by atoms with van der Waals surface area (Å²) in [6.07, 6.45) is 1.88. The van der Waals surface area contributed by atoms with Crippen LogP contribution < -0.4 is 5.73 Å². The van der Waals surface area contributed by atoms with Gasteiger partial charge >= 0.3 is 5.97 Å². The summed E-state index contributed by atoms with van der Waals surface area (Å²) >= 11 is 0. The maximum Gasteiger partial charge on any atom is 0.325 e. The summed E-state index contributed by atoms with van der Waals surface area (Å²) in [5, 5.41) is 0. The second-order valence-electron chi connectivity index (χ2n) is 3.73. The number of hydrogen-bond donors (Lipinski definition) is 1. The van der Waals surface area contributed by atoms with E-state index < -0.39 is 5.54 Å². The lowest BCUT2D eigenvalue weighted by atomic mass is 10.1. The predicted octanol–water partition coefficient (Wildman–Crippen LogP) is 1.46. The number of nitrogens with two attached hydrogens (primary N) is 1. The van der Waals surface area contributed by atoms with Crippen molar-refractivity contribution in [3.05, 3.63) is 0 Å². The molecule has 0 saturated heterocycles. The smallest absolute Gasteiger partial charge is 0.325 e. The molecule has 1 unspecified atom stereocenters. The molecule has 0 aliphatic rings. The van der Waals surface area contributed by atoms with Gasteiger partial charge in [-0.05, 0) is 27.2 Å². The first-order valence-electron chi connectivity index (χ1n) is 4.38. The zero-order valence-electron chi connectivity index (χ0n) is 8.39. The van der Waals surface area contributed by atoms with Crippen molar-refractivity contribution in [2.75, 3.05) is 0 Å². The molecule has 72 valence electrons. The Morgan fingerprint density at radius 1 is 1.58 bits per heavy atom. The van der Waals surface area contributed by atoms with Gasteiger partial charge in [0.2, 0.25) is 0 Å². The van der Waals surface area contributed by atoms with Crippen molar-refractivity contribution in [1.82, 2.24) is 0 Å². The van der Waals surface area contributed by atoms with Gasteiger partial charge in [0.05, 0.1) is 6.10 Å². The summed E-state index contributed by atoms with van der Waals surface area (Å²) in [7, 11) is 0. The van der Waals surface area contributed by atoms with E-state index in [-0.39, 0.29) is 12.1 Å². The average molecular weight is 173 g/mol. The third-order valence-corrected chi connectivity index (χ3v) is 1.53. The quantitative estimate of drug-likeness (QED) is 0.655. The predicted molar refractivity (Wildman–Crippen MR) is 48.7 cm³/mol. The minimum atomic E-state index is -0.873. The highest BCUT2D eigenvalue weighted by atomic mass is 16.5. The SMILES string of the molecule is CCCC(C)OC(=O)C(C)(C)N. The molecule has 0 aliphatic carbocycles. The van der Waals surface area contributed by atoms with E-state index in [2.05, 4.69) is 6.92 Å². The van der Waals surface area contributed by atoms with Gasteiger partial charge in [-0.15, -0.1) is 0 Å². The first kappa shape index (κ1) is 11.4. The molecule has 0 aromatic carbocycles. The number of carbonyl (C=O) groups excluding carboxylic acids is 1. The van der Waals surface area contributed by atoms with E-state index in [9.17, 15) is 4.79 Å². The largest absolute Gasteiger partial charge is 0.461 e. The molecular formula is C9H19NO2. The number of esters is 1. The molecule has 0 fully saturated rings. The number of rotatable bonds is 4. The molecule has 0 saturated carbocycles. The van der Waals surface area contributed by atoms with Crippen molar-refractivity contribution in [3.63, 3.8) is 0 Å². The normalized spacial score (nSPS) is 14.1. The van der Waals surface area contributed by atoms with Gasteiger partial charge in [0.25, 0.3) is 0 Å². The van der Waals surface area contributed by atoms with Crippen molar-refractivity contribution in [3.8, 4) is 0 Å². The van der Waals surface area contributed by atoms with E-state index in [0.29, 0.717) is 0 Å². The molecule has 0 aromatic heterocycles. The molecule has 2 N–H and O–H groups in total. The van der Waals surface area contributed by atoms with Gasteiger partial charge in [0, 0.05) is 0 Å². The molecular weight excluding hydrogens is 154 g/mol. The van der Waals surface area contributed by atoms with Crippen LogP contribution in [0.2, 0.25) is 0 Å². The van der Waals surface area contributed by atoms with Crippen LogP contribution >= 0.6 is 0 Å². The summed E-state index contributed by atoms with van der Waals surface area (Å²) in [5.74, 6) is -0.330. The Morgan fingerprint density at radius 2 is 2.08 bits per heavy atom. The summed E-state index contributed by atoms with van der Waals surface area (Å²) in [4.78, 5) is 11.2. The minimum Gasteiger partial charge on any atom is -0.461 e. The fraction of sp³-hybridized carbons (Fsp3) is 0.889. The van der Waals surface area contributed by atoms with Crippen molar-refractivity contribution in [2.45, 2.75) is 52.2 Å². The molecule has 0 spiro atoms. The molecule has 0 amide bonds. The molecule has 0 heterocycles. The zero-order chi connectivity index (χ0) is 9.78. The van der Waals surface area contributed by atoms with Crippen molar-refractivity contribution < 1.29 is 9.53 Å². The lowest BCUT2D eigenvalue weighted by Gasteiger charge is -2.20. The van der Waals surface area contributed by atoms with Crippen LogP contribution in [0.4, 0.5) is 0 Å². The lowest BCUT2D eigenvalue weighted by molar-refractivity contribution is -0.153. The second kappa shape index (κ2) is 4.45. The lowest BCUT2D eigenvalue weighted by Crippen LogP contribution is -2.44. The van der Waals surface area contributed by atoms with Crippen LogP contribution in [-0.2, 0) is 9.53 Å². The third kappa shape index (κ3) is 4.34. The minimum absolute atomic E-state index is 0.0228. The van der Waals surface area contributed by atoms with Crippen molar-refractivity contribution in [1.29, 1.82) is 0 Å². The van der Waals surface area contributed by atoms with E-state index in [4.69, 9.17) is 10.5 Å². The van der Waals surface area contributed by atoms with Gasteiger partial charge in [0.15, 0.2) is 0 Å².